The van der Waals surface area contributed by atoms with Crippen molar-refractivity contribution in [2.45, 2.75) is 18.4 Å². The SMILES string of the molecule is O=C1NC[C@@]2(CCCN(C(=O)c3cccc4cc[nH]c34)C2)O1. The number of amides is 2. The Hall–Kier alpha value is -2.50. The highest BCUT2D eigenvalue weighted by Gasteiger charge is 2.45. The van der Waals surface area contributed by atoms with Crippen molar-refractivity contribution >= 4 is 22.9 Å². The number of aromatic nitrogens is 1. The Balaban J connectivity index is 1.62. The Bertz CT molecular complexity index is 754. The van der Waals surface area contributed by atoms with Gasteiger partial charge in [-0.3, -0.25) is 4.79 Å². The summed E-state index contributed by atoms with van der Waals surface area (Å²) >= 11 is 0. The Morgan fingerprint density at radius 2 is 2.23 bits per heavy atom. The van der Waals surface area contributed by atoms with E-state index in [1.54, 1.807) is 4.90 Å². The first-order valence-electron chi connectivity index (χ1n) is 7.49. The number of para-hydroxylation sites is 1. The highest BCUT2D eigenvalue weighted by atomic mass is 16.6. The van der Waals surface area contributed by atoms with Gasteiger partial charge in [0.1, 0.15) is 5.60 Å². The van der Waals surface area contributed by atoms with Crippen LogP contribution < -0.4 is 5.32 Å². The maximum Gasteiger partial charge on any atom is 0.407 e. The molecule has 4 rings (SSSR count). The van der Waals surface area contributed by atoms with Crippen molar-refractivity contribution in [2.75, 3.05) is 19.6 Å². The maximum absolute atomic E-state index is 12.9. The van der Waals surface area contributed by atoms with Crippen LogP contribution in [0.4, 0.5) is 4.79 Å². The number of alkyl carbamates (subject to hydrolysis) is 1. The van der Waals surface area contributed by atoms with E-state index >= 15 is 0 Å². The fraction of sp³-hybridized carbons (Fsp3) is 0.375. The van der Waals surface area contributed by atoms with Crippen LogP contribution in [0.1, 0.15) is 23.2 Å². The van der Waals surface area contributed by atoms with Gasteiger partial charge < -0.3 is 19.9 Å². The molecule has 0 bridgehead atoms. The molecule has 0 saturated carbocycles. The number of hydrogen-bond acceptors (Lipinski definition) is 3. The number of nitrogens with zero attached hydrogens (tertiary/aromatic N) is 1. The van der Waals surface area contributed by atoms with Crippen molar-refractivity contribution in [3.8, 4) is 0 Å². The van der Waals surface area contributed by atoms with Gasteiger partial charge in [0.05, 0.1) is 24.2 Å². The molecule has 0 radical (unpaired) electrons. The van der Waals surface area contributed by atoms with Crippen LogP contribution in [0.25, 0.3) is 10.9 Å². The van der Waals surface area contributed by atoms with Crippen LogP contribution in [0.15, 0.2) is 30.5 Å². The van der Waals surface area contributed by atoms with Crippen molar-refractivity contribution in [3.63, 3.8) is 0 Å². The summed E-state index contributed by atoms with van der Waals surface area (Å²) in [5.74, 6) is -0.0185. The summed E-state index contributed by atoms with van der Waals surface area (Å²) in [7, 11) is 0. The molecule has 6 heteroatoms. The van der Waals surface area contributed by atoms with Crippen LogP contribution >= 0.6 is 0 Å². The average molecular weight is 299 g/mol. The third-order valence-electron chi connectivity index (χ3n) is 4.51. The molecule has 1 aromatic carbocycles. The van der Waals surface area contributed by atoms with E-state index in [0.29, 0.717) is 25.2 Å². The average Bonchev–Trinajstić information content (AvgIpc) is 3.13. The summed E-state index contributed by atoms with van der Waals surface area (Å²) in [5.41, 5.74) is 0.958. The van der Waals surface area contributed by atoms with Gasteiger partial charge in [0.15, 0.2) is 0 Å². The van der Waals surface area contributed by atoms with Crippen molar-refractivity contribution in [1.82, 2.24) is 15.2 Å². The topological polar surface area (TPSA) is 74.4 Å². The fourth-order valence-corrected chi connectivity index (χ4v) is 3.43. The molecule has 0 aliphatic carbocycles. The Kier molecular flexibility index (Phi) is 2.85. The quantitative estimate of drug-likeness (QED) is 0.844. The summed E-state index contributed by atoms with van der Waals surface area (Å²) in [5, 5.41) is 3.72. The fourth-order valence-electron chi connectivity index (χ4n) is 3.43. The summed E-state index contributed by atoms with van der Waals surface area (Å²) < 4.78 is 5.43. The van der Waals surface area contributed by atoms with Crippen molar-refractivity contribution in [1.29, 1.82) is 0 Å². The number of H-pyrrole nitrogens is 1. The molecule has 114 valence electrons. The van der Waals surface area contributed by atoms with Gasteiger partial charge in [0.25, 0.3) is 5.91 Å². The van der Waals surface area contributed by atoms with Crippen molar-refractivity contribution < 1.29 is 14.3 Å². The van der Waals surface area contributed by atoms with E-state index < -0.39 is 5.60 Å². The van der Waals surface area contributed by atoms with Crippen LogP contribution in [-0.4, -0.2) is 47.1 Å². The number of nitrogens with one attached hydrogen (secondary N) is 2. The molecule has 2 aliphatic heterocycles. The molecule has 6 nitrogen and oxygen atoms in total. The van der Waals surface area contributed by atoms with Gasteiger partial charge in [0.2, 0.25) is 0 Å². The van der Waals surface area contributed by atoms with Gasteiger partial charge in [-0.2, -0.15) is 0 Å². The minimum absolute atomic E-state index is 0.0185. The Labute approximate surface area is 127 Å². The van der Waals surface area contributed by atoms with Crippen LogP contribution in [0, 0.1) is 0 Å². The number of carbonyl (C=O) groups excluding carboxylic acids is 2. The Morgan fingerprint density at radius 3 is 3.05 bits per heavy atom. The number of aromatic amines is 1. The third-order valence-corrected chi connectivity index (χ3v) is 4.51. The van der Waals surface area contributed by atoms with E-state index in [1.807, 2.05) is 30.5 Å². The summed E-state index contributed by atoms with van der Waals surface area (Å²) in [6.07, 6.45) is 3.08. The summed E-state index contributed by atoms with van der Waals surface area (Å²) in [6, 6.07) is 7.65. The second-order valence-electron chi connectivity index (χ2n) is 6.00. The zero-order valence-corrected chi connectivity index (χ0v) is 12.1. The summed E-state index contributed by atoms with van der Waals surface area (Å²) in [6.45, 7) is 1.61. The Morgan fingerprint density at radius 1 is 1.32 bits per heavy atom. The van der Waals surface area contributed by atoms with E-state index in [-0.39, 0.29) is 12.0 Å². The molecular weight excluding hydrogens is 282 g/mol. The number of piperidine rings is 1. The molecule has 2 aromatic rings. The molecule has 2 saturated heterocycles. The monoisotopic (exact) mass is 299 g/mol. The summed E-state index contributed by atoms with van der Waals surface area (Å²) in [4.78, 5) is 29.2. The second-order valence-corrected chi connectivity index (χ2v) is 6.00. The largest absolute Gasteiger partial charge is 0.439 e. The van der Waals surface area contributed by atoms with E-state index in [1.165, 1.54) is 0 Å². The molecule has 0 unspecified atom stereocenters. The molecule has 2 fully saturated rings. The van der Waals surface area contributed by atoms with Gasteiger partial charge in [0, 0.05) is 18.1 Å². The van der Waals surface area contributed by atoms with Crippen molar-refractivity contribution in [2.24, 2.45) is 0 Å². The standard InChI is InChI=1S/C16H17N3O3/c20-14(12-4-1-3-11-5-7-17-13(11)12)19-8-2-6-16(10-19)9-18-15(21)22-16/h1,3-5,7,17H,2,6,8-10H2,(H,18,21)/t16-/m1/s1. The number of rotatable bonds is 1. The predicted molar refractivity (Wildman–Crippen MR) is 80.7 cm³/mol. The van der Waals surface area contributed by atoms with Gasteiger partial charge in [-0.05, 0) is 25.0 Å². The number of ether oxygens (including phenoxy) is 1. The van der Waals surface area contributed by atoms with E-state index in [9.17, 15) is 9.59 Å². The lowest BCUT2D eigenvalue weighted by Gasteiger charge is -2.38. The predicted octanol–water partition coefficient (Wildman–Crippen LogP) is 1.88. The normalized spacial score (nSPS) is 24.5. The first-order chi connectivity index (χ1) is 10.7. The first kappa shape index (κ1) is 13.2. The molecule has 2 amide bonds. The molecule has 3 heterocycles. The smallest absolute Gasteiger partial charge is 0.407 e. The molecule has 2 aliphatic rings. The van der Waals surface area contributed by atoms with Crippen LogP contribution in [0.2, 0.25) is 0 Å². The molecule has 1 aromatic heterocycles. The highest BCUT2D eigenvalue weighted by molar-refractivity contribution is 6.05. The number of likely N-dealkylation sites (tertiary alicyclic amines) is 1. The van der Waals surface area contributed by atoms with Gasteiger partial charge >= 0.3 is 6.09 Å². The lowest BCUT2D eigenvalue weighted by molar-refractivity contribution is -0.00497. The van der Waals surface area contributed by atoms with Crippen LogP contribution in [0.3, 0.4) is 0 Å². The first-order valence-corrected chi connectivity index (χ1v) is 7.49. The van der Waals surface area contributed by atoms with E-state index in [2.05, 4.69) is 10.3 Å². The lowest BCUT2D eigenvalue weighted by atomic mass is 9.92. The minimum atomic E-state index is -0.561. The lowest BCUT2D eigenvalue weighted by Crippen LogP contribution is -2.52. The number of hydrogen-bond donors (Lipinski definition) is 2. The van der Waals surface area contributed by atoms with Crippen molar-refractivity contribution in [3.05, 3.63) is 36.0 Å². The second kappa shape index (κ2) is 4.76. The van der Waals surface area contributed by atoms with Crippen LogP contribution in [0.5, 0.6) is 0 Å². The molecule has 2 N–H and O–H groups in total. The van der Waals surface area contributed by atoms with Gasteiger partial charge in [-0.25, -0.2) is 4.79 Å². The highest BCUT2D eigenvalue weighted by Crippen LogP contribution is 2.29. The number of benzene rings is 1. The van der Waals surface area contributed by atoms with E-state index in [4.69, 9.17) is 4.74 Å². The van der Waals surface area contributed by atoms with E-state index in [0.717, 1.165) is 23.7 Å². The number of carbonyl (C=O) groups is 2. The third kappa shape index (κ3) is 2.03. The molecular formula is C16H17N3O3. The molecule has 22 heavy (non-hydrogen) atoms. The minimum Gasteiger partial charge on any atom is -0.439 e. The van der Waals surface area contributed by atoms with Crippen LogP contribution in [-0.2, 0) is 4.74 Å². The molecule has 1 atom stereocenters. The van der Waals surface area contributed by atoms with Gasteiger partial charge in [-0.15, -0.1) is 0 Å². The maximum atomic E-state index is 12.9. The molecule has 1 spiro atoms. The number of fused-ring (bicyclic) bond motifs is 1. The zero-order valence-electron chi connectivity index (χ0n) is 12.1. The zero-order chi connectivity index (χ0) is 15.2. The van der Waals surface area contributed by atoms with Gasteiger partial charge in [-0.1, -0.05) is 12.1 Å².